The van der Waals surface area contributed by atoms with Crippen LogP contribution < -0.4 is 0 Å². The van der Waals surface area contributed by atoms with E-state index in [0.29, 0.717) is 5.57 Å². The lowest BCUT2D eigenvalue weighted by Crippen LogP contribution is -2.18. The second-order valence-electron chi connectivity index (χ2n) is 3.89. The molecule has 1 unspecified atom stereocenters. The summed E-state index contributed by atoms with van der Waals surface area (Å²) in [5.74, 6) is -2.37. The molecule has 1 atom stereocenters. The van der Waals surface area contributed by atoms with Crippen molar-refractivity contribution >= 4 is 17.9 Å². The van der Waals surface area contributed by atoms with Gasteiger partial charge in [0, 0.05) is 11.1 Å². The van der Waals surface area contributed by atoms with Gasteiger partial charge in [-0.25, -0.2) is 14.4 Å². The van der Waals surface area contributed by atoms with Gasteiger partial charge in [-0.1, -0.05) is 6.58 Å². The van der Waals surface area contributed by atoms with E-state index in [1.54, 1.807) is 13.8 Å². The van der Waals surface area contributed by atoms with Crippen LogP contribution in [0.4, 0.5) is 0 Å². The number of cyclic esters (lactones) is 1. The van der Waals surface area contributed by atoms with E-state index in [-0.39, 0.29) is 11.3 Å². The third kappa shape index (κ3) is 3.19. The van der Waals surface area contributed by atoms with Gasteiger partial charge in [-0.05, 0) is 20.8 Å². The first kappa shape index (κ1) is 14.0. The zero-order valence-corrected chi connectivity index (χ0v) is 10.4. The lowest BCUT2D eigenvalue weighted by Gasteiger charge is -2.05. The van der Waals surface area contributed by atoms with Crippen LogP contribution in [0.25, 0.3) is 0 Å². The number of hydrogen-bond donors (Lipinski definition) is 0. The molecule has 0 aromatic rings. The third-order valence-electron chi connectivity index (χ3n) is 2.32. The minimum atomic E-state index is -0.843. The molecule has 0 N–H and O–H groups in total. The maximum absolute atomic E-state index is 11.4. The molecule has 0 saturated carbocycles. The van der Waals surface area contributed by atoms with Crippen LogP contribution in [0.15, 0.2) is 23.5 Å². The lowest BCUT2D eigenvalue weighted by molar-refractivity contribution is -0.157. The van der Waals surface area contributed by atoms with Crippen LogP contribution in [0.1, 0.15) is 20.8 Å². The van der Waals surface area contributed by atoms with Crippen LogP contribution in [0.2, 0.25) is 0 Å². The molecule has 18 heavy (non-hydrogen) atoms. The Hall–Kier alpha value is -2.11. The van der Waals surface area contributed by atoms with E-state index < -0.39 is 30.6 Å². The quantitative estimate of drug-likeness (QED) is 0.421. The van der Waals surface area contributed by atoms with Gasteiger partial charge in [-0.3, -0.25) is 0 Å². The maximum Gasteiger partial charge on any atom is 0.375 e. The summed E-state index contributed by atoms with van der Waals surface area (Å²) in [5, 5.41) is 0. The van der Waals surface area contributed by atoms with Crippen molar-refractivity contribution in [2.45, 2.75) is 26.9 Å². The molecule has 0 aromatic carbocycles. The average Bonchev–Trinajstić information content (AvgIpc) is 2.52. The molecule has 0 radical (unpaired) electrons. The summed E-state index contributed by atoms with van der Waals surface area (Å²) >= 11 is 0. The van der Waals surface area contributed by atoms with Crippen LogP contribution in [0, 0.1) is 0 Å². The second kappa shape index (κ2) is 5.48. The predicted octanol–water partition coefficient (Wildman–Crippen LogP) is 0.868. The van der Waals surface area contributed by atoms with E-state index in [2.05, 4.69) is 11.3 Å². The highest BCUT2D eigenvalue weighted by molar-refractivity contribution is 5.93. The van der Waals surface area contributed by atoms with E-state index in [0.717, 1.165) is 0 Å². The van der Waals surface area contributed by atoms with Gasteiger partial charge in [-0.2, -0.15) is 0 Å². The fourth-order valence-electron chi connectivity index (χ4n) is 1.16. The van der Waals surface area contributed by atoms with E-state index in [9.17, 15) is 14.4 Å². The minimum absolute atomic E-state index is 0.140. The van der Waals surface area contributed by atoms with Gasteiger partial charge in [0.05, 0.1) is 0 Å². The first-order valence-corrected chi connectivity index (χ1v) is 5.28. The van der Waals surface area contributed by atoms with Crippen molar-refractivity contribution in [1.82, 2.24) is 0 Å². The summed E-state index contributed by atoms with van der Waals surface area (Å²) in [7, 11) is 0. The molecule has 6 nitrogen and oxygen atoms in total. The number of ether oxygens (including phenoxy) is 3. The zero-order valence-electron chi connectivity index (χ0n) is 10.4. The Morgan fingerprint density at radius 1 is 1.44 bits per heavy atom. The third-order valence-corrected chi connectivity index (χ3v) is 2.32. The highest BCUT2D eigenvalue weighted by atomic mass is 16.6. The van der Waals surface area contributed by atoms with Crippen LogP contribution in [0.5, 0.6) is 0 Å². The van der Waals surface area contributed by atoms with Gasteiger partial charge in [0.15, 0.2) is 6.61 Å². The highest BCUT2D eigenvalue weighted by Gasteiger charge is 2.31. The standard InChI is InChI=1S/C12H14O6/c1-6(2)11(14)16-5-9(13)18-10-7(3)8(4)17-12(10)15/h8H,1,5H2,2-4H3. The van der Waals surface area contributed by atoms with Gasteiger partial charge in [0.2, 0.25) is 5.76 Å². The van der Waals surface area contributed by atoms with Gasteiger partial charge >= 0.3 is 17.9 Å². The molecular formula is C12H14O6. The molecule has 1 heterocycles. The van der Waals surface area contributed by atoms with E-state index in [4.69, 9.17) is 9.47 Å². The van der Waals surface area contributed by atoms with E-state index in [1.807, 2.05) is 0 Å². The van der Waals surface area contributed by atoms with Crippen LogP contribution in [0.3, 0.4) is 0 Å². The van der Waals surface area contributed by atoms with Crippen LogP contribution >= 0.6 is 0 Å². The molecule has 0 spiro atoms. The Labute approximate surface area is 104 Å². The normalized spacial score (nSPS) is 18.4. The van der Waals surface area contributed by atoms with E-state index in [1.165, 1.54) is 6.92 Å². The van der Waals surface area contributed by atoms with Gasteiger partial charge in [0.25, 0.3) is 0 Å². The van der Waals surface area contributed by atoms with Crippen molar-refractivity contribution in [1.29, 1.82) is 0 Å². The molecule has 6 heteroatoms. The van der Waals surface area contributed by atoms with Crippen LogP contribution in [-0.4, -0.2) is 30.6 Å². The summed E-state index contributed by atoms with van der Waals surface area (Å²) in [4.78, 5) is 33.7. The predicted molar refractivity (Wildman–Crippen MR) is 60.1 cm³/mol. The Morgan fingerprint density at radius 3 is 2.50 bits per heavy atom. The molecule has 1 aliphatic heterocycles. The topological polar surface area (TPSA) is 78.9 Å². The summed E-state index contributed by atoms with van der Waals surface area (Å²) in [6.07, 6.45) is -0.418. The van der Waals surface area contributed by atoms with Crippen molar-refractivity contribution in [2.75, 3.05) is 6.61 Å². The Balaban J connectivity index is 2.53. The SMILES string of the molecule is C=C(C)C(=O)OCC(=O)OC1=C(C)C(C)OC1=O. The molecule has 1 aliphatic rings. The van der Waals surface area contributed by atoms with Gasteiger partial charge < -0.3 is 14.2 Å². The number of esters is 3. The smallest absolute Gasteiger partial charge is 0.375 e. The first-order chi connectivity index (χ1) is 8.32. The van der Waals surface area contributed by atoms with Crippen molar-refractivity contribution in [3.8, 4) is 0 Å². The number of carbonyl (C=O) groups excluding carboxylic acids is 3. The Kier molecular flexibility index (Phi) is 4.25. The maximum atomic E-state index is 11.4. The second-order valence-corrected chi connectivity index (χ2v) is 3.89. The summed E-state index contributed by atoms with van der Waals surface area (Å²) in [6.45, 7) is 7.52. The minimum Gasteiger partial charge on any atom is -0.452 e. The zero-order chi connectivity index (χ0) is 13.9. The van der Waals surface area contributed by atoms with Crippen molar-refractivity contribution in [3.05, 3.63) is 23.5 Å². The van der Waals surface area contributed by atoms with Gasteiger partial charge in [-0.15, -0.1) is 0 Å². The number of rotatable bonds is 4. The van der Waals surface area contributed by atoms with Crippen molar-refractivity contribution < 1.29 is 28.6 Å². The fraction of sp³-hybridized carbons (Fsp3) is 0.417. The van der Waals surface area contributed by atoms with Gasteiger partial charge in [0.1, 0.15) is 6.10 Å². The first-order valence-electron chi connectivity index (χ1n) is 5.28. The summed E-state index contributed by atoms with van der Waals surface area (Å²) in [6, 6.07) is 0. The molecule has 0 aromatic heterocycles. The average molecular weight is 254 g/mol. The molecule has 0 bridgehead atoms. The Bertz CT molecular complexity index is 445. The summed E-state index contributed by atoms with van der Waals surface area (Å²) in [5.41, 5.74) is 0.701. The number of carbonyl (C=O) groups is 3. The van der Waals surface area contributed by atoms with Crippen molar-refractivity contribution in [2.24, 2.45) is 0 Å². The van der Waals surface area contributed by atoms with E-state index >= 15 is 0 Å². The highest BCUT2D eigenvalue weighted by Crippen LogP contribution is 2.22. The fourth-order valence-corrected chi connectivity index (χ4v) is 1.16. The molecule has 98 valence electrons. The van der Waals surface area contributed by atoms with Crippen LogP contribution in [-0.2, 0) is 28.6 Å². The summed E-state index contributed by atoms with van der Waals surface area (Å²) < 4.78 is 14.2. The molecule has 1 rings (SSSR count). The number of hydrogen-bond acceptors (Lipinski definition) is 6. The lowest BCUT2D eigenvalue weighted by atomic mass is 10.2. The molecular weight excluding hydrogens is 240 g/mol. The molecule has 0 saturated heterocycles. The molecule has 0 amide bonds. The Morgan fingerprint density at radius 2 is 2.06 bits per heavy atom. The van der Waals surface area contributed by atoms with Crippen molar-refractivity contribution in [3.63, 3.8) is 0 Å². The molecule has 0 aliphatic carbocycles. The molecule has 0 fully saturated rings. The monoisotopic (exact) mass is 254 g/mol. The largest absolute Gasteiger partial charge is 0.452 e.